The highest BCUT2D eigenvalue weighted by molar-refractivity contribution is 7.87. The smallest absolute Gasteiger partial charge is 0.339 e. The van der Waals surface area contributed by atoms with Gasteiger partial charge in [0, 0.05) is 25.8 Å². The van der Waals surface area contributed by atoms with Gasteiger partial charge >= 0.3 is 10.1 Å². The van der Waals surface area contributed by atoms with Crippen LogP contribution in [0.3, 0.4) is 0 Å². The Morgan fingerprint density at radius 3 is 2.06 bits per heavy atom. The van der Waals surface area contributed by atoms with Gasteiger partial charge in [0.05, 0.1) is 6.61 Å². The van der Waals surface area contributed by atoms with Crippen molar-refractivity contribution in [3.8, 4) is 5.75 Å². The van der Waals surface area contributed by atoms with E-state index in [0.29, 0.717) is 25.3 Å². The van der Waals surface area contributed by atoms with Gasteiger partial charge < -0.3 is 13.8 Å². The number of hydrogen-bond donors (Lipinski definition) is 0. The first-order valence-corrected chi connectivity index (χ1v) is 12.6. The van der Waals surface area contributed by atoms with E-state index in [9.17, 15) is 17.6 Å². The van der Waals surface area contributed by atoms with Gasteiger partial charge in [0.1, 0.15) is 16.5 Å². The van der Waals surface area contributed by atoms with E-state index in [0.717, 1.165) is 35.4 Å². The molecule has 1 amide bonds. The molecule has 0 aliphatic heterocycles. The van der Waals surface area contributed by atoms with Crippen LogP contribution in [0.1, 0.15) is 42.3 Å². The van der Waals surface area contributed by atoms with E-state index in [4.69, 9.17) is 8.92 Å². The summed E-state index contributed by atoms with van der Waals surface area (Å²) < 4.78 is 48.3. The summed E-state index contributed by atoms with van der Waals surface area (Å²) in [5.74, 6) is -0.543. The van der Waals surface area contributed by atoms with Crippen molar-refractivity contribution in [2.75, 3.05) is 20.3 Å². The second kappa shape index (κ2) is 11.0. The standard InChI is InChI=1S/C27H30FNO5S/c1-27(2,3)22-9-7-21(8-10-22)26(30)29(17-18-33-4)19-20-5-13-24(14-6-20)34-35(31,32)25-15-11-23(28)12-16-25/h5-16H,17-19H2,1-4H3. The topological polar surface area (TPSA) is 72.9 Å². The number of rotatable bonds is 9. The highest BCUT2D eigenvalue weighted by Gasteiger charge is 2.20. The fourth-order valence-corrected chi connectivity index (χ4v) is 4.33. The van der Waals surface area contributed by atoms with Gasteiger partial charge in [-0.25, -0.2) is 4.39 Å². The average Bonchev–Trinajstić information content (AvgIpc) is 2.82. The molecular formula is C27H30FNO5S. The minimum absolute atomic E-state index is 0.00862. The van der Waals surface area contributed by atoms with E-state index in [1.54, 1.807) is 24.1 Å². The third-order valence-electron chi connectivity index (χ3n) is 5.46. The summed E-state index contributed by atoms with van der Waals surface area (Å²) in [5, 5.41) is 0. The van der Waals surface area contributed by atoms with Crippen LogP contribution in [0.5, 0.6) is 5.75 Å². The van der Waals surface area contributed by atoms with E-state index >= 15 is 0 Å². The van der Waals surface area contributed by atoms with Gasteiger partial charge in [0.2, 0.25) is 0 Å². The van der Waals surface area contributed by atoms with Crippen LogP contribution in [-0.2, 0) is 26.8 Å². The summed E-state index contributed by atoms with van der Waals surface area (Å²) in [6.45, 7) is 7.44. The van der Waals surface area contributed by atoms with Gasteiger partial charge in [0.15, 0.2) is 0 Å². The fraction of sp³-hybridized carbons (Fsp3) is 0.296. The van der Waals surface area contributed by atoms with Crippen LogP contribution in [-0.4, -0.2) is 39.5 Å². The van der Waals surface area contributed by atoms with Crippen LogP contribution in [0.2, 0.25) is 0 Å². The Bertz CT molecular complexity index is 1230. The molecule has 0 heterocycles. The van der Waals surface area contributed by atoms with Crippen molar-refractivity contribution in [1.29, 1.82) is 0 Å². The Morgan fingerprint density at radius 2 is 1.51 bits per heavy atom. The van der Waals surface area contributed by atoms with E-state index in [1.165, 1.54) is 12.1 Å². The summed E-state index contributed by atoms with van der Waals surface area (Å²) in [4.78, 5) is 14.7. The zero-order valence-corrected chi connectivity index (χ0v) is 21.1. The quantitative estimate of drug-likeness (QED) is 0.380. The number of carbonyl (C=O) groups is 1. The first-order chi connectivity index (χ1) is 16.5. The molecule has 8 heteroatoms. The van der Waals surface area contributed by atoms with Crippen LogP contribution in [0, 0.1) is 5.82 Å². The fourth-order valence-electron chi connectivity index (χ4n) is 3.40. The number of carbonyl (C=O) groups excluding carboxylic acids is 1. The Morgan fingerprint density at radius 1 is 0.914 bits per heavy atom. The molecule has 0 saturated carbocycles. The molecule has 0 aliphatic rings. The summed E-state index contributed by atoms with van der Waals surface area (Å²) >= 11 is 0. The second-order valence-corrected chi connectivity index (χ2v) is 10.7. The molecule has 0 aliphatic carbocycles. The Labute approximate surface area is 206 Å². The highest BCUT2D eigenvalue weighted by atomic mass is 32.2. The van der Waals surface area contributed by atoms with Gasteiger partial charge in [-0.15, -0.1) is 0 Å². The summed E-state index contributed by atoms with van der Waals surface area (Å²) in [6, 6.07) is 18.4. The predicted octanol–water partition coefficient (Wildman–Crippen LogP) is 5.18. The number of amides is 1. The van der Waals surface area contributed by atoms with Gasteiger partial charge in [-0.3, -0.25) is 4.79 Å². The molecule has 35 heavy (non-hydrogen) atoms. The SMILES string of the molecule is COCCN(Cc1ccc(OS(=O)(=O)c2ccc(F)cc2)cc1)C(=O)c1ccc(C(C)(C)C)cc1. The van der Waals surface area contributed by atoms with Gasteiger partial charge in [-0.05, 0) is 65.1 Å². The maximum Gasteiger partial charge on any atom is 0.339 e. The molecule has 6 nitrogen and oxygen atoms in total. The van der Waals surface area contributed by atoms with Gasteiger partial charge in [0.25, 0.3) is 5.91 Å². The zero-order chi connectivity index (χ0) is 25.6. The lowest BCUT2D eigenvalue weighted by Crippen LogP contribution is -2.33. The Hall–Kier alpha value is -3.23. The summed E-state index contributed by atoms with van der Waals surface area (Å²) in [6.07, 6.45) is 0. The third-order valence-corrected chi connectivity index (χ3v) is 6.72. The number of hydrogen-bond acceptors (Lipinski definition) is 5. The van der Waals surface area contributed by atoms with Gasteiger partial charge in [-0.1, -0.05) is 45.0 Å². The molecule has 3 aromatic rings. The average molecular weight is 500 g/mol. The summed E-state index contributed by atoms with van der Waals surface area (Å²) in [7, 11) is -2.51. The number of benzene rings is 3. The van der Waals surface area contributed by atoms with Crippen molar-refractivity contribution in [3.63, 3.8) is 0 Å². The highest BCUT2D eigenvalue weighted by Crippen LogP contribution is 2.23. The number of ether oxygens (including phenoxy) is 1. The minimum atomic E-state index is -4.09. The molecule has 0 N–H and O–H groups in total. The molecule has 0 aromatic heterocycles. The van der Waals surface area contributed by atoms with Crippen molar-refractivity contribution in [2.24, 2.45) is 0 Å². The van der Waals surface area contributed by atoms with Crippen LogP contribution < -0.4 is 4.18 Å². The lowest BCUT2D eigenvalue weighted by molar-refractivity contribution is 0.0680. The second-order valence-electron chi connectivity index (χ2n) is 9.18. The van der Waals surface area contributed by atoms with Crippen LogP contribution in [0.25, 0.3) is 0 Å². The van der Waals surface area contributed by atoms with Gasteiger partial charge in [-0.2, -0.15) is 8.42 Å². The van der Waals surface area contributed by atoms with E-state index in [2.05, 4.69) is 20.8 Å². The van der Waals surface area contributed by atoms with Crippen molar-refractivity contribution in [1.82, 2.24) is 4.90 Å². The first-order valence-electron chi connectivity index (χ1n) is 11.2. The molecule has 3 rings (SSSR count). The minimum Gasteiger partial charge on any atom is -0.383 e. The molecule has 0 unspecified atom stereocenters. The molecular weight excluding hydrogens is 469 g/mol. The van der Waals surface area contributed by atoms with Crippen LogP contribution >= 0.6 is 0 Å². The van der Waals surface area contributed by atoms with Crippen LogP contribution in [0.4, 0.5) is 4.39 Å². The Kier molecular flexibility index (Phi) is 8.30. The molecule has 0 fully saturated rings. The van der Waals surface area contributed by atoms with E-state index in [-0.39, 0.29) is 22.0 Å². The number of methoxy groups -OCH3 is 1. The predicted molar refractivity (Wildman–Crippen MR) is 132 cm³/mol. The number of halogens is 1. The molecule has 186 valence electrons. The summed E-state index contributed by atoms with van der Waals surface area (Å²) in [5.41, 5.74) is 2.51. The Balaban J connectivity index is 1.73. The largest absolute Gasteiger partial charge is 0.383 e. The van der Waals surface area contributed by atoms with Crippen LogP contribution in [0.15, 0.2) is 77.7 Å². The normalized spacial score (nSPS) is 11.8. The molecule has 3 aromatic carbocycles. The zero-order valence-electron chi connectivity index (χ0n) is 20.3. The molecule has 0 radical (unpaired) electrons. The lowest BCUT2D eigenvalue weighted by Gasteiger charge is -2.24. The van der Waals surface area contributed by atoms with Crippen molar-refractivity contribution in [2.45, 2.75) is 37.6 Å². The molecule has 0 saturated heterocycles. The van der Waals surface area contributed by atoms with E-state index < -0.39 is 15.9 Å². The maximum atomic E-state index is 13.2. The number of nitrogens with zero attached hydrogens (tertiary/aromatic N) is 1. The van der Waals surface area contributed by atoms with Crippen molar-refractivity contribution >= 4 is 16.0 Å². The monoisotopic (exact) mass is 499 g/mol. The molecule has 0 atom stereocenters. The third kappa shape index (κ3) is 7.13. The first kappa shape index (κ1) is 26.4. The van der Waals surface area contributed by atoms with Crippen molar-refractivity contribution < 1.29 is 26.5 Å². The maximum absolute atomic E-state index is 13.2. The molecule has 0 spiro atoms. The lowest BCUT2D eigenvalue weighted by atomic mass is 9.86. The van der Waals surface area contributed by atoms with Crippen molar-refractivity contribution in [3.05, 3.63) is 95.3 Å². The van der Waals surface area contributed by atoms with E-state index in [1.807, 2.05) is 24.3 Å². The molecule has 0 bridgehead atoms.